The average Bonchev–Trinajstić information content (AvgIpc) is 2.35. The first-order valence-corrected chi connectivity index (χ1v) is 6.07. The van der Waals surface area contributed by atoms with Crippen molar-refractivity contribution in [2.45, 2.75) is 25.4 Å². The van der Waals surface area contributed by atoms with Crippen molar-refractivity contribution in [3.63, 3.8) is 0 Å². The number of rotatable bonds is 6. The van der Waals surface area contributed by atoms with E-state index in [1.807, 2.05) is 30.3 Å². The minimum absolute atomic E-state index is 0.125. The summed E-state index contributed by atoms with van der Waals surface area (Å²) >= 11 is 0. The molecule has 0 saturated heterocycles. The molecule has 0 radical (unpaired) electrons. The molecule has 0 fully saturated rings. The summed E-state index contributed by atoms with van der Waals surface area (Å²) in [7, 11) is 0. The predicted octanol–water partition coefficient (Wildman–Crippen LogP) is 5.33. The highest BCUT2D eigenvalue weighted by Gasteiger charge is 2.25. The maximum atomic E-state index is 12.0. The highest BCUT2D eigenvalue weighted by Crippen LogP contribution is 2.23. The van der Waals surface area contributed by atoms with Crippen molar-refractivity contribution in [2.24, 2.45) is 0 Å². The van der Waals surface area contributed by atoms with Crippen LogP contribution in [0.4, 0.5) is 13.2 Å². The first-order chi connectivity index (χ1) is 8.96. The van der Waals surface area contributed by atoms with Crippen LogP contribution >= 0.6 is 0 Å². The molecule has 0 unspecified atom stereocenters. The second-order valence-electron chi connectivity index (χ2n) is 4.23. The van der Waals surface area contributed by atoms with E-state index < -0.39 is 12.6 Å². The molecular formula is C16H17F3. The smallest absolute Gasteiger partial charge is 0.171 e. The Morgan fingerprint density at radius 1 is 1.11 bits per heavy atom. The van der Waals surface area contributed by atoms with Gasteiger partial charge >= 0.3 is 6.18 Å². The molecule has 0 saturated carbocycles. The van der Waals surface area contributed by atoms with E-state index >= 15 is 0 Å². The maximum Gasteiger partial charge on any atom is 0.389 e. The summed E-state index contributed by atoms with van der Waals surface area (Å²) in [4.78, 5) is 0. The van der Waals surface area contributed by atoms with Gasteiger partial charge in [-0.2, -0.15) is 13.2 Å². The molecule has 0 bridgehead atoms. The van der Waals surface area contributed by atoms with Crippen LogP contribution in [0.5, 0.6) is 0 Å². The molecule has 0 aliphatic rings. The van der Waals surface area contributed by atoms with Crippen LogP contribution in [0.2, 0.25) is 0 Å². The lowest BCUT2D eigenvalue weighted by Crippen LogP contribution is -2.07. The van der Waals surface area contributed by atoms with Gasteiger partial charge < -0.3 is 0 Å². The van der Waals surface area contributed by atoms with Gasteiger partial charge in [0.05, 0.1) is 0 Å². The Morgan fingerprint density at radius 3 is 2.21 bits per heavy atom. The zero-order valence-corrected chi connectivity index (χ0v) is 10.7. The van der Waals surface area contributed by atoms with Crippen LogP contribution in [-0.2, 0) is 6.42 Å². The Hall–Kier alpha value is -1.77. The van der Waals surface area contributed by atoms with Crippen LogP contribution in [0.25, 0.3) is 5.57 Å². The van der Waals surface area contributed by atoms with Crippen molar-refractivity contribution in [3.8, 4) is 0 Å². The molecule has 1 aromatic carbocycles. The molecule has 0 atom stereocenters. The maximum absolute atomic E-state index is 12.0. The number of halogens is 3. The SMILES string of the molecule is C=CC=C(C=C)c1ccc(CCCC(F)(F)F)cc1. The summed E-state index contributed by atoms with van der Waals surface area (Å²) in [5.41, 5.74) is 2.83. The van der Waals surface area contributed by atoms with Crippen LogP contribution in [0.15, 0.2) is 55.7 Å². The van der Waals surface area contributed by atoms with Crippen LogP contribution in [0.3, 0.4) is 0 Å². The second-order valence-corrected chi connectivity index (χ2v) is 4.23. The van der Waals surface area contributed by atoms with E-state index in [1.165, 1.54) is 0 Å². The Balaban J connectivity index is 2.64. The van der Waals surface area contributed by atoms with E-state index in [0.717, 1.165) is 16.7 Å². The molecule has 1 rings (SSSR count). The third-order valence-electron chi connectivity index (χ3n) is 2.73. The molecule has 0 aromatic heterocycles. The Morgan fingerprint density at radius 2 is 1.74 bits per heavy atom. The lowest BCUT2D eigenvalue weighted by Gasteiger charge is -2.07. The molecule has 0 aliphatic heterocycles. The molecular weight excluding hydrogens is 249 g/mol. The summed E-state index contributed by atoms with van der Waals surface area (Å²) in [5, 5.41) is 0. The molecule has 0 nitrogen and oxygen atoms in total. The zero-order chi connectivity index (χ0) is 14.3. The fraction of sp³-hybridized carbons (Fsp3) is 0.250. The highest BCUT2D eigenvalue weighted by atomic mass is 19.4. The quantitative estimate of drug-likeness (QED) is 0.611. The lowest BCUT2D eigenvalue weighted by molar-refractivity contribution is -0.135. The van der Waals surface area contributed by atoms with E-state index in [2.05, 4.69) is 13.2 Å². The zero-order valence-electron chi connectivity index (χ0n) is 10.7. The number of alkyl halides is 3. The first-order valence-electron chi connectivity index (χ1n) is 6.07. The number of allylic oxidation sites excluding steroid dienone is 4. The van der Waals surface area contributed by atoms with Crippen molar-refractivity contribution in [1.82, 2.24) is 0 Å². The Labute approximate surface area is 112 Å². The van der Waals surface area contributed by atoms with Crippen molar-refractivity contribution >= 4 is 5.57 Å². The number of aryl methyl sites for hydroxylation is 1. The average molecular weight is 266 g/mol. The van der Waals surface area contributed by atoms with Crippen molar-refractivity contribution in [3.05, 3.63) is 66.8 Å². The van der Waals surface area contributed by atoms with Crippen LogP contribution < -0.4 is 0 Å². The van der Waals surface area contributed by atoms with Gasteiger partial charge in [0.15, 0.2) is 0 Å². The molecule has 102 valence electrons. The lowest BCUT2D eigenvalue weighted by atomic mass is 10.0. The third-order valence-corrected chi connectivity index (χ3v) is 2.73. The molecule has 0 heterocycles. The van der Waals surface area contributed by atoms with Gasteiger partial charge in [-0.25, -0.2) is 0 Å². The summed E-state index contributed by atoms with van der Waals surface area (Å²) < 4.78 is 36.1. The molecule has 0 N–H and O–H groups in total. The second kappa shape index (κ2) is 6.98. The number of hydrogen-bond acceptors (Lipinski definition) is 0. The van der Waals surface area contributed by atoms with Crippen molar-refractivity contribution < 1.29 is 13.2 Å². The van der Waals surface area contributed by atoms with Gasteiger partial charge in [0.25, 0.3) is 0 Å². The van der Waals surface area contributed by atoms with E-state index in [1.54, 1.807) is 12.2 Å². The van der Waals surface area contributed by atoms with E-state index in [4.69, 9.17) is 0 Å². The highest BCUT2D eigenvalue weighted by molar-refractivity contribution is 5.74. The largest absolute Gasteiger partial charge is 0.389 e. The van der Waals surface area contributed by atoms with Gasteiger partial charge in [-0.1, -0.05) is 55.7 Å². The molecule has 3 heteroatoms. The summed E-state index contributed by atoms with van der Waals surface area (Å²) in [5.74, 6) is 0. The molecule has 19 heavy (non-hydrogen) atoms. The molecule has 0 amide bonds. The van der Waals surface area contributed by atoms with Gasteiger partial charge in [0.2, 0.25) is 0 Å². The normalized spacial score (nSPS) is 12.3. The van der Waals surface area contributed by atoms with Crippen LogP contribution in [0, 0.1) is 0 Å². The van der Waals surface area contributed by atoms with E-state index in [9.17, 15) is 13.2 Å². The monoisotopic (exact) mass is 266 g/mol. The molecule has 0 aliphatic carbocycles. The van der Waals surface area contributed by atoms with Gasteiger partial charge in [-0.05, 0) is 29.5 Å². The topological polar surface area (TPSA) is 0 Å². The molecule has 1 aromatic rings. The summed E-state index contributed by atoms with van der Waals surface area (Å²) in [6, 6.07) is 7.48. The number of benzene rings is 1. The number of hydrogen-bond donors (Lipinski definition) is 0. The standard InChI is InChI=1S/C16H17F3/c1-3-6-14(4-2)15-10-8-13(9-11-15)7-5-12-16(17,18)19/h3-4,6,8-11H,1-2,5,7,12H2. The third kappa shape index (κ3) is 5.60. The summed E-state index contributed by atoms with van der Waals surface area (Å²) in [6.45, 7) is 7.34. The Bertz CT molecular complexity index is 450. The minimum atomic E-state index is -4.07. The fourth-order valence-electron chi connectivity index (χ4n) is 1.77. The van der Waals surface area contributed by atoms with Crippen LogP contribution in [0.1, 0.15) is 24.0 Å². The van der Waals surface area contributed by atoms with Gasteiger partial charge in [0.1, 0.15) is 0 Å². The first kappa shape index (κ1) is 15.3. The van der Waals surface area contributed by atoms with Crippen molar-refractivity contribution in [1.29, 1.82) is 0 Å². The fourth-order valence-corrected chi connectivity index (χ4v) is 1.77. The van der Waals surface area contributed by atoms with Crippen molar-refractivity contribution in [2.75, 3.05) is 0 Å². The predicted molar refractivity (Wildman–Crippen MR) is 73.8 cm³/mol. The van der Waals surface area contributed by atoms with E-state index in [0.29, 0.717) is 6.42 Å². The van der Waals surface area contributed by atoms with Gasteiger partial charge in [0, 0.05) is 6.42 Å². The van der Waals surface area contributed by atoms with Crippen LogP contribution in [-0.4, -0.2) is 6.18 Å². The van der Waals surface area contributed by atoms with E-state index in [-0.39, 0.29) is 6.42 Å². The summed E-state index contributed by atoms with van der Waals surface area (Å²) in [6.07, 6.45) is 1.000. The minimum Gasteiger partial charge on any atom is -0.171 e. The van der Waals surface area contributed by atoms with Gasteiger partial charge in [-0.3, -0.25) is 0 Å². The Kier molecular flexibility index (Phi) is 5.61. The molecule has 0 spiro atoms. The van der Waals surface area contributed by atoms with Gasteiger partial charge in [-0.15, -0.1) is 0 Å².